The number of hydrogen-bond acceptors (Lipinski definition) is 5. The number of hydrogen-bond donors (Lipinski definition) is 2. The minimum absolute atomic E-state index is 0.153. The standard InChI is InChI=1S/C20H21N3O3S2/c1-15-9-11-17(12-10-15)28(25,26)23-20-22-18(14-27-20)19(24)21-13-5-8-16-6-3-2-4-7-16/h2-4,6-7,9-12,14H,5,8,13H2,1H3,(H,21,24)(H,22,23). The summed E-state index contributed by atoms with van der Waals surface area (Å²) in [6.45, 7) is 2.41. The van der Waals surface area contributed by atoms with Crippen molar-refractivity contribution in [3.05, 3.63) is 76.8 Å². The van der Waals surface area contributed by atoms with Crippen molar-refractivity contribution >= 4 is 32.4 Å². The number of aromatic nitrogens is 1. The van der Waals surface area contributed by atoms with Crippen LogP contribution in [-0.2, 0) is 16.4 Å². The lowest BCUT2D eigenvalue weighted by atomic mass is 10.1. The molecular formula is C20H21N3O3S2. The lowest BCUT2D eigenvalue weighted by molar-refractivity contribution is 0.0949. The highest BCUT2D eigenvalue weighted by Crippen LogP contribution is 2.20. The number of carbonyl (C=O) groups excluding carboxylic acids is 1. The maximum atomic E-state index is 12.4. The van der Waals surface area contributed by atoms with Crippen molar-refractivity contribution < 1.29 is 13.2 Å². The number of nitrogens with one attached hydrogen (secondary N) is 2. The number of amides is 1. The minimum atomic E-state index is -3.73. The van der Waals surface area contributed by atoms with Gasteiger partial charge in [-0.2, -0.15) is 0 Å². The highest BCUT2D eigenvalue weighted by atomic mass is 32.2. The second kappa shape index (κ2) is 8.99. The Bertz CT molecular complexity index is 1030. The van der Waals surface area contributed by atoms with Gasteiger partial charge in [0.1, 0.15) is 5.69 Å². The molecular weight excluding hydrogens is 394 g/mol. The zero-order valence-electron chi connectivity index (χ0n) is 15.4. The third-order valence-electron chi connectivity index (χ3n) is 4.06. The molecule has 0 aliphatic heterocycles. The summed E-state index contributed by atoms with van der Waals surface area (Å²) < 4.78 is 27.2. The molecule has 2 N–H and O–H groups in total. The van der Waals surface area contributed by atoms with Crippen molar-refractivity contribution in [3.63, 3.8) is 0 Å². The first-order valence-corrected chi connectivity index (χ1v) is 11.2. The van der Waals surface area contributed by atoms with Crippen LogP contribution in [0.3, 0.4) is 0 Å². The molecule has 28 heavy (non-hydrogen) atoms. The Morgan fingerprint density at radius 2 is 1.79 bits per heavy atom. The topological polar surface area (TPSA) is 88.2 Å². The van der Waals surface area contributed by atoms with Gasteiger partial charge in [0.25, 0.3) is 15.9 Å². The number of carbonyl (C=O) groups is 1. The third kappa shape index (κ3) is 5.40. The molecule has 3 aromatic rings. The van der Waals surface area contributed by atoms with Crippen LogP contribution in [0.5, 0.6) is 0 Å². The number of sulfonamides is 1. The van der Waals surface area contributed by atoms with E-state index >= 15 is 0 Å². The van der Waals surface area contributed by atoms with Crippen LogP contribution < -0.4 is 10.0 Å². The van der Waals surface area contributed by atoms with E-state index in [9.17, 15) is 13.2 Å². The SMILES string of the molecule is Cc1ccc(S(=O)(=O)Nc2nc(C(=O)NCCCc3ccccc3)cs2)cc1. The Balaban J connectivity index is 1.53. The lowest BCUT2D eigenvalue weighted by Crippen LogP contribution is -2.25. The van der Waals surface area contributed by atoms with Crippen molar-refractivity contribution in [1.82, 2.24) is 10.3 Å². The average Bonchev–Trinajstić information content (AvgIpc) is 3.14. The van der Waals surface area contributed by atoms with E-state index in [2.05, 4.69) is 27.2 Å². The van der Waals surface area contributed by atoms with Gasteiger partial charge in [-0.05, 0) is 37.5 Å². The average molecular weight is 416 g/mol. The van der Waals surface area contributed by atoms with E-state index in [1.54, 1.807) is 17.5 Å². The first kappa shape index (κ1) is 20.0. The maximum absolute atomic E-state index is 12.4. The van der Waals surface area contributed by atoms with Gasteiger partial charge < -0.3 is 5.32 Å². The molecule has 1 amide bonds. The van der Waals surface area contributed by atoms with Crippen LogP contribution in [0.2, 0.25) is 0 Å². The summed E-state index contributed by atoms with van der Waals surface area (Å²) in [5.74, 6) is -0.315. The predicted molar refractivity (Wildman–Crippen MR) is 111 cm³/mol. The summed E-state index contributed by atoms with van der Waals surface area (Å²) >= 11 is 1.08. The van der Waals surface area contributed by atoms with Crippen LogP contribution in [0, 0.1) is 6.92 Å². The summed E-state index contributed by atoms with van der Waals surface area (Å²) in [6.07, 6.45) is 1.69. The number of anilines is 1. The maximum Gasteiger partial charge on any atom is 0.270 e. The van der Waals surface area contributed by atoms with Crippen LogP contribution in [0.25, 0.3) is 0 Å². The molecule has 6 nitrogen and oxygen atoms in total. The lowest BCUT2D eigenvalue weighted by Gasteiger charge is -2.05. The van der Waals surface area contributed by atoms with Crippen LogP contribution in [0.15, 0.2) is 64.9 Å². The zero-order chi connectivity index (χ0) is 20.0. The van der Waals surface area contributed by atoms with Crippen molar-refractivity contribution in [2.45, 2.75) is 24.7 Å². The summed E-state index contributed by atoms with van der Waals surface area (Å²) in [5.41, 5.74) is 2.39. The van der Waals surface area contributed by atoms with Gasteiger partial charge in [-0.15, -0.1) is 11.3 Å². The molecule has 146 valence electrons. The molecule has 0 bridgehead atoms. The van der Waals surface area contributed by atoms with Crippen molar-refractivity contribution in [3.8, 4) is 0 Å². The number of nitrogens with zero attached hydrogens (tertiary/aromatic N) is 1. The van der Waals surface area contributed by atoms with Gasteiger partial charge in [0.05, 0.1) is 4.90 Å². The molecule has 0 aliphatic carbocycles. The molecule has 0 saturated heterocycles. The van der Waals surface area contributed by atoms with Crippen LogP contribution in [0.1, 0.15) is 28.0 Å². The Hall–Kier alpha value is -2.71. The summed E-state index contributed by atoms with van der Waals surface area (Å²) in [4.78, 5) is 16.4. The molecule has 2 aromatic carbocycles. The third-order valence-corrected chi connectivity index (χ3v) is 6.30. The highest BCUT2D eigenvalue weighted by Gasteiger charge is 2.17. The van der Waals surface area contributed by atoms with Crippen molar-refractivity contribution in [1.29, 1.82) is 0 Å². The van der Waals surface area contributed by atoms with Gasteiger partial charge in [0.2, 0.25) is 0 Å². The first-order valence-electron chi connectivity index (χ1n) is 8.81. The molecule has 0 atom stereocenters. The van der Waals surface area contributed by atoms with Gasteiger partial charge in [-0.1, -0.05) is 48.0 Å². The fraction of sp³-hybridized carbons (Fsp3) is 0.200. The van der Waals surface area contributed by atoms with Gasteiger partial charge in [0.15, 0.2) is 5.13 Å². The number of aryl methyl sites for hydroxylation is 2. The van der Waals surface area contributed by atoms with Crippen molar-refractivity contribution in [2.75, 3.05) is 11.3 Å². The summed E-state index contributed by atoms with van der Waals surface area (Å²) in [5, 5.41) is 4.51. The monoisotopic (exact) mass is 415 g/mol. The van der Waals surface area contributed by atoms with Crippen molar-refractivity contribution in [2.24, 2.45) is 0 Å². The van der Waals surface area contributed by atoms with Gasteiger partial charge in [0, 0.05) is 11.9 Å². The smallest absolute Gasteiger partial charge is 0.270 e. The van der Waals surface area contributed by atoms with E-state index in [1.165, 1.54) is 17.7 Å². The van der Waals surface area contributed by atoms with E-state index in [0.29, 0.717) is 6.54 Å². The molecule has 3 rings (SSSR count). The largest absolute Gasteiger partial charge is 0.351 e. The number of benzene rings is 2. The number of rotatable bonds is 8. The van der Waals surface area contributed by atoms with Crippen LogP contribution >= 0.6 is 11.3 Å². The highest BCUT2D eigenvalue weighted by molar-refractivity contribution is 7.93. The molecule has 1 heterocycles. The normalized spacial score (nSPS) is 11.2. The molecule has 1 aromatic heterocycles. The Morgan fingerprint density at radius 3 is 2.50 bits per heavy atom. The van der Waals surface area contributed by atoms with Crippen LogP contribution in [-0.4, -0.2) is 25.9 Å². The van der Waals surface area contributed by atoms with Gasteiger partial charge in [-0.25, -0.2) is 13.4 Å². The van der Waals surface area contributed by atoms with E-state index in [4.69, 9.17) is 0 Å². The fourth-order valence-corrected chi connectivity index (χ4v) is 4.49. The van der Waals surface area contributed by atoms with Gasteiger partial charge >= 0.3 is 0 Å². The van der Waals surface area contributed by atoms with E-state index in [1.807, 2.05) is 25.1 Å². The summed E-state index contributed by atoms with van der Waals surface area (Å²) in [6, 6.07) is 16.6. The quantitative estimate of drug-likeness (QED) is 0.550. The second-order valence-electron chi connectivity index (χ2n) is 6.30. The fourth-order valence-electron chi connectivity index (χ4n) is 2.55. The molecule has 0 spiro atoms. The molecule has 0 fully saturated rings. The summed E-state index contributed by atoms with van der Waals surface area (Å²) in [7, 11) is -3.73. The van der Waals surface area contributed by atoms with E-state index in [0.717, 1.165) is 29.7 Å². The Kier molecular flexibility index (Phi) is 6.43. The molecule has 0 unspecified atom stereocenters. The van der Waals surface area contributed by atoms with E-state index in [-0.39, 0.29) is 21.6 Å². The molecule has 0 saturated carbocycles. The van der Waals surface area contributed by atoms with E-state index < -0.39 is 10.0 Å². The Morgan fingerprint density at radius 1 is 1.07 bits per heavy atom. The predicted octanol–water partition coefficient (Wildman–Crippen LogP) is 3.61. The molecule has 0 aliphatic rings. The molecule has 8 heteroatoms. The zero-order valence-corrected chi connectivity index (χ0v) is 17.0. The number of thiazole rings is 1. The minimum Gasteiger partial charge on any atom is -0.351 e. The first-order chi connectivity index (χ1) is 13.4. The van der Waals surface area contributed by atoms with Gasteiger partial charge in [-0.3, -0.25) is 9.52 Å². The Labute approximate surface area is 168 Å². The molecule has 0 radical (unpaired) electrons. The van der Waals surface area contributed by atoms with Crippen LogP contribution in [0.4, 0.5) is 5.13 Å². The second-order valence-corrected chi connectivity index (χ2v) is 8.84.